The molecule has 0 bridgehead atoms. The van der Waals surface area contributed by atoms with Gasteiger partial charge in [-0.3, -0.25) is 10.2 Å². The van der Waals surface area contributed by atoms with Crippen LogP contribution >= 0.6 is 11.3 Å². The van der Waals surface area contributed by atoms with Gasteiger partial charge in [-0.2, -0.15) is 0 Å². The van der Waals surface area contributed by atoms with E-state index < -0.39 is 0 Å². The maximum absolute atomic E-state index is 11.3. The third kappa shape index (κ3) is 4.46. The molecular formula is C12H20N2O2S. The number of carbonyl (C=O) groups excluding carboxylic acids is 1. The number of hydrogen-bond acceptors (Lipinski definition) is 4. The molecular weight excluding hydrogens is 236 g/mol. The standard InChI is InChI=1S/C12H20N2O2S/c1-8(2)4-5-16-7-10-6-11(12(15)14-13)17-9(10)3/h6,8H,4-5,7,13H2,1-3H3,(H,14,15). The first-order valence-electron chi connectivity index (χ1n) is 5.72. The largest absolute Gasteiger partial charge is 0.377 e. The fourth-order valence-corrected chi connectivity index (χ4v) is 2.28. The number of carbonyl (C=O) groups is 1. The highest BCUT2D eigenvalue weighted by Crippen LogP contribution is 2.22. The van der Waals surface area contributed by atoms with Crippen molar-refractivity contribution in [3.8, 4) is 0 Å². The van der Waals surface area contributed by atoms with Gasteiger partial charge in [0.25, 0.3) is 5.91 Å². The van der Waals surface area contributed by atoms with Crippen LogP contribution in [0, 0.1) is 12.8 Å². The van der Waals surface area contributed by atoms with Gasteiger partial charge in [-0.15, -0.1) is 11.3 Å². The number of aryl methyl sites for hydroxylation is 1. The molecule has 1 aromatic rings. The summed E-state index contributed by atoms with van der Waals surface area (Å²) in [5.74, 6) is 5.50. The van der Waals surface area contributed by atoms with Crippen LogP contribution in [0.15, 0.2) is 6.07 Å². The minimum atomic E-state index is -0.244. The van der Waals surface area contributed by atoms with Gasteiger partial charge in [0.1, 0.15) is 0 Å². The molecule has 96 valence electrons. The monoisotopic (exact) mass is 256 g/mol. The van der Waals surface area contributed by atoms with Gasteiger partial charge in [-0.1, -0.05) is 13.8 Å². The highest BCUT2D eigenvalue weighted by atomic mass is 32.1. The van der Waals surface area contributed by atoms with E-state index in [0.717, 1.165) is 23.5 Å². The number of thiophene rings is 1. The van der Waals surface area contributed by atoms with Crippen molar-refractivity contribution >= 4 is 17.2 Å². The van der Waals surface area contributed by atoms with Crippen molar-refractivity contribution in [1.82, 2.24) is 5.43 Å². The van der Waals surface area contributed by atoms with E-state index >= 15 is 0 Å². The minimum absolute atomic E-state index is 0.244. The maximum Gasteiger partial charge on any atom is 0.275 e. The first-order chi connectivity index (χ1) is 8.04. The zero-order valence-electron chi connectivity index (χ0n) is 10.6. The first-order valence-corrected chi connectivity index (χ1v) is 6.54. The number of hydrazine groups is 1. The van der Waals surface area contributed by atoms with E-state index in [9.17, 15) is 4.79 Å². The Morgan fingerprint density at radius 2 is 2.29 bits per heavy atom. The van der Waals surface area contributed by atoms with Crippen molar-refractivity contribution in [3.05, 3.63) is 21.4 Å². The van der Waals surface area contributed by atoms with Crippen LogP contribution in [0.5, 0.6) is 0 Å². The second-order valence-corrected chi connectivity index (χ2v) is 5.66. The fourth-order valence-electron chi connectivity index (χ4n) is 1.35. The van der Waals surface area contributed by atoms with Gasteiger partial charge < -0.3 is 4.74 Å². The Morgan fingerprint density at radius 1 is 1.59 bits per heavy atom. The van der Waals surface area contributed by atoms with Crippen LogP contribution in [0.2, 0.25) is 0 Å². The molecule has 0 aliphatic carbocycles. The lowest BCUT2D eigenvalue weighted by Gasteiger charge is -2.05. The van der Waals surface area contributed by atoms with Gasteiger partial charge in [0.15, 0.2) is 0 Å². The van der Waals surface area contributed by atoms with Crippen molar-refractivity contribution in [1.29, 1.82) is 0 Å². The van der Waals surface area contributed by atoms with E-state index in [1.165, 1.54) is 11.3 Å². The molecule has 1 aromatic heterocycles. The molecule has 0 saturated heterocycles. The summed E-state index contributed by atoms with van der Waals surface area (Å²) in [4.78, 5) is 13.1. The van der Waals surface area contributed by atoms with E-state index in [1.807, 2.05) is 13.0 Å². The Labute approximate surface area is 106 Å². The number of rotatable bonds is 6. The van der Waals surface area contributed by atoms with Crippen LogP contribution in [0.3, 0.4) is 0 Å². The second kappa shape index (κ2) is 6.74. The number of nitrogens with one attached hydrogen (secondary N) is 1. The number of hydrogen-bond donors (Lipinski definition) is 2. The van der Waals surface area contributed by atoms with Gasteiger partial charge in [-0.25, -0.2) is 5.84 Å². The Morgan fingerprint density at radius 3 is 2.88 bits per heavy atom. The van der Waals surface area contributed by atoms with Crippen LogP contribution < -0.4 is 11.3 Å². The molecule has 5 heteroatoms. The summed E-state index contributed by atoms with van der Waals surface area (Å²) in [5.41, 5.74) is 3.20. The highest BCUT2D eigenvalue weighted by molar-refractivity contribution is 7.14. The molecule has 1 rings (SSSR count). The topological polar surface area (TPSA) is 64.4 Å². The first kappa shape index (κ1) is 14.2. The van der Waals surface area contributed by atoms with Crippen LogP contribution in [-0.4, -0.2) is 12.5 Å². The summed E-state index contributed by atoms with van der Waals surface area (Å²) >= 11 is 1.44. The molecule has 0 atom stereocenters. The fraction of sp³-hybridized carbons (Fsp3) is 0.583. The van der Waals surface area contributed by atoms with E-state index in [-0.39, 0.29) is 5.91 Å². The zero-order valence-corrected chi connectivity index (χ0v) is 11.4. The Hall–Kier alpha value is -0.910. The second-order valence-electron chi connectivity index (χ2n) is 4.40. The van der Waals surface area contributed by atoms with Gasteiger partial charge in [0, 0.05) is 11.5 Å². The Bertz CT molecular complexity index is 375. The third-order valence-corrected chi connectivity index (χ3v) is 3.56. The van der Waals surface area contributed by atoms with E-state index in [4.69, 9.17) is 10.6 Å². The lowest BCUT2D eigenvalue weighted by Crippen LogP contribution is -2.29. The lowest BCUT2D eigenvalue weighted by molar-refractivity contribution is 0.0957. The molecule has 0 saturated carbocycles. The Balaban J connectivity index is 2.48. The van der Waals surface area contributed by atoms with Crippen molar-refractivity contribution in [2.45, 2.75) is 33.8 Å². The molecule has 4 nitrogen and oxygen atoms in total. The number of ether oxygens (including phenoxy) is 1. The zero-order chi connectivity index (χ0) is 12.8. The summed E-state index contributed by atoms with van der Waals surface area (Å²) in [6.45, 7) is 7.64. The summed E-state index contributed by atoms with van der Waals surface area (Å²) < 4.78 is 5.58. The molecule has 17 heavy (non-hydrogen) atoms. The van der Waals surface area contributed by atoms with Crippen LogP contribution in [0.25, 0.3) is 0 Å². The van der Waals surface area contributed by atoms with Crippen molar-refractivity contribution < 1.29 is 9.53 Å². The molecule has 0 aromatic carbocycles. The van der Waals surface area contributed by atoms with Gasteiger partial charge in [0.05, 0.1) is 11.5 Å². The number of nitrogens with two attached hydrogens (primary N) is 1. The summed E-state index contributed by atoms with van der Waals surface area (Å²) in [5, 5.41) is 0. The summed E-state index contributed by atoms with van der Waals surface area (Å²) in [6, 6.07) is 1.84. The molecule has 0 aliphatic heterocycles. The van der Waals surface area contributed by atoms with Crippen molar-refractivity contribution in [2.24, 2.45) is 11.8 Å². The average molecular weight is 256 g/mol. The minimum Gasteiger partial charge on any atom is -0.377 e. The molecule has 1 amide bonds. The number of amides is 1. The lowest BCUT2D eigenvalue weighted by atomic mass is 10.1. The molecule has 0 spiro atoms. The summed E-state index contributed by atoms with van der Waals surface area (Å²) in [7, 11) is 0. The van der Waals surface area contributed by atoms with Gasteiger partial charge >= 0.3 is 0 Å². The molecule has 3 N–H and O–H groups in total. The molecule has 0 aliphatic rings. The smallest absolute Gasteiger partial charge is 0.275 e. The quantitative estimate of drug-likeness (QED) is 0.355. The molecule has 0 radical (unpaired) electrons. The molecule has 0 fully saturated rings. The van der Waals surface area contributed by atoms with Crippen LogP contribution in [0.1, 0.15) is 40.4 Å². The van der Waals surface area contributed by atoms with Crippen molar-refractivity contribution in [3.63, 3.8) is 0 Å². The molecule has 0 unspecified atom stereocenters. The van der Waals surface area contributed by atoms with Crippen LogP contribution in [0.4, 0.5) is 0 Å². The van der Waals surface area contributed by atoms with Gasteiger partial charge in [0.2, 0.25) is 0 Å². The maximum atomic E-state index is 11.3. The highest BCUT2D eigenvalue weighted by Gasteiger charge is 2.11. The predicted molar refractivity (Wildman–Crippen MR) is 69.8 cm³/mol. The Kier molecular flexibility index (Phi) is 5.61. The predicted octanol–water partition coefficient (Wildman–Crippen LogP) is 2.22. The van der Waals surface area contributed by atoms with Gasteiger partial charge in [-0.05, 0) is 30.9 Å². The summed E-state index contributed by atoms with van der Waals surface area (Å²) in [6.07, 6.45) is 1.05. The number of nitrogen functional groups attached to an aromatic ring is 1. The third-order valence-electron chi connectivity index (χ3n) is 2.47. The SMILES string of the molecule is Cc1sc(C(=O)NN)cc1COCCC(C)C. The average Bonchev–Trinajstić information content (AvgIpc) is 2.65. The van der Waals surface area contributed by atoms with E-state index in [1.54, 1.807) is 0 Å². The molecule has 1 heterocycles. The van der Waals surface area contributed by atoms with E-state index in [0.29, 0.717) is 17.4 Å². The normalized spacial score (nSPS) is 10.9. The van der Waals surface area contributed by atoms with E-state index in [2.05, 4.69) is 19.3 Å². The van der Waals surface area contributed by atoms with Crippen molar-refractivity contribution in [2.75, 3.05) is 6.61 Å². The van der Waals surface area contributed by atoms with Crippen LogP contribution in [-0.2, 0) is 11.3 Å².